The highest BCUT2D eigenvalue weighted by atomic mass is 32.1. The minimum Gasteiger partial charge on any atom is -0.314 e. The molecule has 0 aliphatic heterocycles. The molecule has 3 rings (SSSR count). The molecule has 0 amide bonds. The lowest BCUT2D eigenvalue weighted by Crippen LogP contribution is -2.14. The average molecular weight is 304 g/mol. The second-order valence-electron chi connectivity index (χ2n) is 4.91. The predicted molar refractivity (Wildman–Crippen MR) is 81.6 cm³/mol. The van der Waals surface area contributed by atoms with Crippen LogP contribution in [0.3, 0.4) is 0 Å². The molecule has 8 heteroatoms. The van der Waals surface area contributed by atoms with E-state index >= 15 is 0 Å². The number of aromatic nitrogens is 5. The van der Waals surface area contributed by atoms with Gasteiger partial charge >= 0.3 is 0 Å². The van der Waals surface area contributed by atoms with E-state index in [0.29, 0.717) is 24.3 Å². The number of nitrogens with one attached hydrogen (secondary N) is 2. The van der Waals surface area contributed by atoms with Gasteiger partial charge in [0.15, 0.2) is 0 Å². The molecule has 2 N–H and O–H groups in total. The molecule has 0 bridgehead atoms. The number of nitrogens with zero attached hydrogens (tertiary/aromatic N) is 4. The van der Waals surface area contributed by atoms with E-state index in [1.54, 1.807) is 16.0 Å². The van der Waals surface area contributed by atoms with E-state index < -0.39 is 0 Å². The number of thiophene rings is 1. The molecule has 3 aromatic heterocycles. The van der Waals surface area contributed by atoms with Crippen LogP contribution in [0.1, 0.15) is 22.0 Å². The van der Waals surface area contributed by atoms with Crippen LogP contribution in [0.15, 0.2) is 11.0 Å². The first-order chi connectivity index (χ1) is 10.1. The van der Waals surface area contributed by atoms with Crippen molar-refractivity contribution in [1.82, 2.24) is 30.3 Å². The lowest BCUT2D eigenvalue weighted by atomic mass is 10.2. The summed E-state index contributed by atoms with van der Waals surface area (Å²) in [6.45, 7) is 5.01. The van der Waals surface area contributed by atoms with Crippen LogP contribution in [0.25, 0.3) is 10.2 Å². The molecule has 3 aromatic rings. The fraction of sp³-hybridized carbons (Fsp3) is 0.385. The number of rotatable bonds is 4. The van der Waals surface area contributed by atoms with Gasteiger partial charge in [0.05, 0.1) is 17.3 Å². The molecule has 0 fully saturated rings. The molecule has 0 aliphatic rings. The molecule has 110 valence electrons. The quantitative estimate of drug-likeness (QED) is 0.749. The Kier molecular flexibility index (Phi) is 3.56. The number of aromatic amines is 1. The predicted octanol–water partition coefficient (Wildman–Crippen LogP) is 0.961. The summed E-state index contributed by atoms with van der Waals surface area (Å²) in [6.07, 6.45) is 1.84. The van der Waals surface area contributed by atoms with Crippen LogP contribution in [0.5, 0.6) is 0 Å². The van der Waals surface area contributed by atoms with Gasteiger partial charge in [-0.3, -0.25) is 4.79 Å². The summed E-state index contributed by atoms with van der Waals surface area (Å²) in [6, 6.07) is 0. The molecule has 0 saturated carbocycles. The van der Waals surface area contributed by atoms with E-state index in [4.69, 9.17) is 0 Å². The first-order valence-corrected chi connectivity index (χ1v) is 7.42. The molecule has 0 saturated heterocycles. The number of H-pyrrole nitrogens is 1. The second kappa shape index (κ2) is 5.38. The van der Waals surface area contributed by atoms with Crippen molar-refractivity contribution in [3.05, 3.63) is 38.5 Å². The minimum absolute atomic E-state index is 0.0904. The van der Waals surface area contributed by atoms with E-state index in [1.807, 2.05) is 27.1 Å². The fourth-order valence-electron chi connectivity index (χ4n) is 2.21. The van der Waals surface area contributed by atoms with Gasteiger partial charge in [-0.25, -0.2) is 9.67 Å². The highest BCUT2D eigenvalue weighted by molar-refractivity contribution is 7.18. The monoisotopic (exact) mass is 304 g/mol. The normalized spacial score (nSPS) is 11.4. The highest BCUT2D eigenvalue weighted by Crippen LogP contribution is 2.25. The van der Waals surface area contributed by atoms with E-state index in [-0.39, 0.29) is 5.56 Å². The van der Waals surface area contributed by atoms with Crippen molar-refractivity contribution >= 4 is 21.6 Å². The van der Waals surface area contributed by atoms with Crippen LogP contribution >= 0.6 is 11.3 Å². The van der Waals surface area contributed by atoms with Gasteiger partial charge in [0.2, 0.25) is 0 Å². The van der Waals surface area contributed by atoms with E-state index in [9.17, 15) is 4.79 Å². The SMILES string of the molecule is CNCc1cn(Cc2nc3sc(C)c(C)c3c(=O)[nH]2)nn1. The number of hydrogen-bond donors (Lipinski definition) is 2. The molecule has 0 radical (unpaired) electrons. The van der Waals surface area contributed by atoms with Crippen LogP contribution in [0.4, 0.5) is 0 Å². The smallest absolute Gasteiger partial charge is 0.259 e. The fourth-order valence-corrected chi connectivity index (χ4v) is 3.25. The summed E-state index contributed by atoms with van der Waals surface area (Å²) in [5.41, 5.74) is 1.77. The number of aryl methyl sites for hydroxylation is 2. The van der Waals surface area contributed by atoms with E-state index in [1.165, 1.54) is 0 Å². The Balaban J connectivity index is 1.95. The van der Waals surface area contributed by atoms with Crippen LogP contribution in [-0.2, 0) is 13.1 Å². The summed E-state index contributed by atoms with van der Waals surface area (Å²) in [7, 11) is 1.85. The van der Waals surface area contributed by atoms with Crippen molar-refractivity contribution in [2.45, 2.75) is 26.9 Å². The maximum absolute atomic E-state index is 12.2. The van der Waals surface area contributed by atoms with E-state index in [0.717, 1.165) is 21.0 Å². The van der Waals surface area contributed by atoms with Crippen molar-refractivity contribution < 1.29 is 0 Å². The van der Waals surface area contributed by atoms with Crippen LogP contribution in [0, 0.1) is 13.8 Å². The molecule has 3 heterocycles. The summed E-state index contributed by atoms with van der Waals surface area (Å²) < 4.78 is 1.67. The van der Waals surface area contributed by atoms with Gasteiger partial charge in [-0.1, -0.05) is 5.21 Å². The molecule has 0 aromatic carbocycles. The van der Waals surface area contributed by atoms with Gasteiger partial charge in [0.1, 0.15) is 17.2 Å². The summed E-state index contributed by atoms with van der Waals surface area (Å²) in [5.74, 6) is 0.592. The number of hydrogen-bond acceptors (Lipinski definition) is 6. The topological polar surface area (TPSA) is 88.5 Å². The Hall–Kier alpha value is -2.06. The highest BCUT2D eigenvalue weighted by Gasteiger charge is 2.12. The summed E-state index contributed by atoms with van der Waals surface area (Å²) in [4.78, 5) is 21.4. The summed E-state index contributed by atoms with van der Waals surface area (Å²) in [5, 5.41) is 11.8. The Bertz CT molecular complexity index is 846. The third-order valence-corrected chi connectivity index (χ3v) is 4.45. The Morgan fingerprint density at radius 3 is 3.00 bits per heavy atom. The van der Waals surface area contributed by atoms with Crippen LogP contribution in [0.2, 0.25) is 0 Å². The third-order valence-electron chi connectivity index (χ3n) is 3.34. The van der Waals surface area contributed by atoms with E-state index in [2.05, 4.69) is 25.6 Å². The van der Waals surface area contributed by atoms with Gasteiger partial charge < -0.3 is 10.3 Å². The second-order valence-corrected chi connectivity index (χ2v) is 6.12. The van der Waals surface area contributed by atoms with Crippen LogP contribution < -0.4 is 10.9 Å². The zero-order chi connectivity index (χ0) is 15.0. The Labute approximate surface area is 125 Å². The first kappa shape index (κ1) is 13.9. The van der Waals surface area contributed by atoms with Gasteiger partial charge in [0.25, 0.3) is 5.56 Å². The van der Waals surface area contributed by atoms with Crippen LogP contribution in [-0.4, -0.2) is 32.0 Å². The molecule has 0 aliphatic carbocycles. The van der Waals surface area contributed by atoms with Crippen molar-refractivity contribution in [2.24, 2.45) is 0 Å². The lowest BCUT2D eigenvalue weighted by molar-refractivity contribution is 0.625. The largest absolute Gasteiger partial charge is 0.314 e. The first-order valence-electron chi connectivity index (χ1n) is 6.61. The molecular formula is C13H16N6OS. The van der Waals surface area contributed by atoms with Crippen molar-refractivity contribution in [2.75, 3.05) is 7.05 Å². The average Bonchev–Trinajstić information content (AvgIpc) is 2.96. The van der Waals surface area contributed by atoms with Crippen molar-refractivity contribution in [1.29, 1.82) is 0 Å². The molecule has 0 atom stereocenters. The minimum atomic E-state index is -0.0904. The molecule has 0 spiro atoms. The Morgan fingerprint density at radius 2 is 2.24 bits per heavy atom. The molecule has 21 heavy (non-hydrogen) atoms. The molecular weight excluding hydrogens is 288 g/mol. The maximum Gasteiger partial charge on any atom is 0.259 e. The van der Waals surface area contributed by atoms with Crippen molar-refractivity contribution in [3.63, 3.8) is 0 Å². The zero-order valence-electron chi connectivity index (χ0n) is 12.1. The maximum atomic E-state index is 12.2. The lowest BCUT2D eigenvalue weighted by Gasteiger charge is -2.00. The van der Waals surface area contributed by atoms with Gasteiger partial charge in [-0.2, -0.15) is 0 Å². The van der Waals surface area contributed by atoms with Gasteiger partial charge in [0, 0.05) is 11.4 Å². The third kappa shape index (κ3) is 2.59. The number of fused-ring (bicyclic) bond motifs is 1. The molecule has 7 nitrogen and oxygen atoms in total. The molecule has 0 unspecified atom stereocenters. The zero-order valence-corrected chi connectivity index (χ0v) is 12.9. The standard InChI is InChI=1S/C13H16N6OS/c1-7-8(2)21-13-11(7)12(20)15-10(16-13)6-19-5-9(4-14-3)17-18-19/h5,14H,4,6H2,1-3H3,(H,15,16,20). The van der Waals surface area contributed by atoms with Gasteiger partial charge in [-0.15, -0.1) is 16.4 Å². The van der Waals surface area contributed by atoms with Gasteiger partial charge in [-0.05, 0) is 26.5 Å². The van der Waals surface area contributed by atoms with Crippen molar-refractivity contribution in [3.8, 4) is 0 Å². The Morgan fingerprint density at radius 1 is 1.43 bits per heavy atom. The summed E-state index contributed by atoms with van der Waals surface area (Å²) >= 11 is 1.54.